The molecule has 0 amide bonds. The number of aromatic nitrogens is 1. The molecule has 0 bridgehead atoms. The fourth-order valence-corrected chi connectivity index (χ4v) is 3.23. The van der Waals surface area contributed by atoms with Crippen LogP contribution in [0.5, 0.6) is 0 Å². The molecule has 100 valence electrons. The summed E-state index contributed by atoms with van der Waals surface area (Å²) in [6.45, 7) is 3.36. The topological polar surface area (TPSA) is 28.2 Å². The van der Waals surface area contributed by atoms with E-state index in [2.05, 4.69) is 45.5 Å². The van der Waals surface area contributed by atoms with Crippen molar-refractivity contribution in [3.8, 4) is 0 Å². The predicted molar refractivity (Wildman–Crippen MR) is 80.5 cm³/mol. The van der Waals surface area contributed by atoms with E-state index in [4.69, 9.17) is 0 Å². The van der Waals surface area contributed by atoms with E-state index in [9.17, 15) is 0 Å². The van der Waals surface area contributed by atoms with Crippen LogP contribution >= 0.6 is 11.3 Å². The van der Waals surface area contributed by atoms with Gasteiger partial charge in [0.25, 0.3) is 0 Å². The SMILES string of the molecule is c1ccc(CN2CCCC(Nc3nccs3)C2)cc1. The number of benzene rings is 1. The van der Waals surface area contributed by atoms with Crippen LogP contribution < -0.4 is 5.32 Å². The second-order valence-electron chi connectivity index (χ2n) is 5.04. The van der Waals surface area contributed by atoms with Gasteiger partial charge in [0.15, 0.2) is 5.13 Å². The molecule has 0 aliphatic carbocycles. The van der Waals surface area contributed by atoms with Crippen molar-refractivity contribution >= 4 is 16.5 Å². The van der Waals surface area contributed by atoms with Crippen LogP contribution in [0.25, 0.3) is 0 Å². The molecule has 3 rings (SSSR count). The molecule has 1 aliphatic rings. The molecule has 2 aromatic rings. The van der Waals surface area contributed by atoms with E-state index in [0.717, 1.165) is 18.2 Å². The van der Waals surface area contributed by atoms with Gasteiger partial charge >= 0.3 is 0 Å². The van der Waals surface area contributed by atoms with Crippen LogP contribution in [0.15, 0.2) is 41.9 Å². The van der Waals surface area contributed by atoms with E-state index < -0.39 is 0 Å². The fourth-order valence-electron chi connectivity index (χ4n) is 2.63. The van der Waals surface area contributed by atoms with Crippen LogP contribution in [0.4, 0.5) is 5.13 Å². The number of nitrogens with one attached hydrogen (secondary N) is 1. The molecule has 1 unspecified atom stereocenters. The number of piperidine rings is 1. The normalized spacial score (nSPS) is 20.3. The maximum absolute atomic E-state index is 4.31. The van der Waals surface area contributed by atoms with E-state index in [-0.39, 0.29) is 0 Å². The molecule has 0 saturated carbocycles. The highest BCUT2D eigenvalue weighted by Gasteiger charge is 2.20. The third kappa shape index (κ3) is 3.55. The minimum Gasteiger partial charge on any atom is -0.358 e. The minimum atomic E-state index is 0.531. The number of likely N-dealkylation sites (tertiary alicyclic amines) is 1. The van der Waals surface area contributed by atoms with E-state index in [0.29, 0.717) is 6.04 Å². The standard InChI is InChI=1S/C15H19N3S/c1-2-5-13(6-3-1)11-18-9-4-7-14(12-18)17-15-16-8-10-19-15/h1-3,5-6,8,10,14H,4,7,9,11-12H2,(H,16,17). The minimum absolute atomic E-state index is 0.531. The van der Waals surface area contributed by atoms with Gasteiger partial charge in [-0.2, -0.15) is 0 Å². The summed E-state index contributed by atoms with van der Waals surface area (Å²) in [5, 5.41) is 6.61. The van der Waals surface area contributed by atoms with Crippen molar-refractivity contribution in [3.05, 3.63) is 47.5 Å². The summed E-state index contributed by atoms with van der Waals surface area (Å²) in [7, 11) is 0. The van der Waals surface area contributed by atoms with E-state index in [1.807, 2.05) is 11.6 Å². The first-order valence-electron chi connectivity index (χ1n) is 6.82. The third-order valence-corrected chi connectivity index (χ3v) is 4.22. The molecule has 0 radical (unpaired) electrons. The quantitative estimate of drug-likeness (QED) is 0.927. The second-order valence-corrected chi connectivity index (χ2v) is 5.94. The van der Waals surface area contributed by atoms with Crippen LogP contribution in [0.3, 0.4) is 0 Å². The third-order valence-electron chi connectivity index (χ3n) is 3.51. The monoisotopic (exact) mass is 273 g/mol. The molecule has 1 saturated heterocycles. The van der Waals surface area contributed by atoms with E-state index in [1.165, 1.54) is 24.9 Å². The molecular weight excluding hydrogens is 254 g/mol. The Hall–Kier alpha value is -1.39. The van der Waals surface area contributed by atoms with E-state index in [1.54, 1.807) is 11.3 Å². The molecule has 1 fully saturated rings. The number of hydrogen-bond acceptors (Lipinski definition) is 4. The Morgan fingerprint density at radius 2 is 2.21 bits per heavy atom. The lowest BCUT2D eigenvalue weighted by Gasteiger charge is -2.33. The Kier molecular flexibility index (Phi) is 4.10. The average Bonchev–Trinajstić information content (AvgIpc) is 2.93. The number of thiazole rings is 1. The number of nitrogens with zero attached hydrogens (tertiary/aromatic N) is 2. The highest BCUT2D eigenvalue weighted by Crippen LogP contribution is 2.19. The van der Waals surface area contributed by atoms with Gasteiger partial charge in [0, 0.05) is 30.7 Å². The zero-order chi connectivity index (χ0) is 12.9. The first kappa shape index (κ1) is 12.6. The Labute approximate surface area is 118 Å². The molecular formula is C15H19N3S. The van der Waals surface area contributed by atoms with Crippen LogP contribution in [0, 0.1) is 0 Å². The Morgan fingerprint density at radius 3 is 3.00 bits per heavy atom. The molecule has 3 nitrogen and oxygen atoms in total. The molecule has 1 atom stereocenters. The summed E-state index contributed by atoms with van der Waals surface area (Å²) in [5.74, 6) is 0. The Bertz CT molecular complexity index is 483. The first-order chi connectivity index (χ1) is 9.40. The number of hydrogen-bond donors (Lipinski definition) is 1. The van der Waals surface area contributed by atoms with Crippen LogP contribution in [0.2, 0.25) is 0 Å². The molecule has 0 spiro atoms. The zero-order valence-electron chi connectivity index (χ0n) is 11.0. The van der Waals surface area contributed by atoms with Crippen LogP contribution in [-0.4, -0.2) is 29.0 Å². The predicted octanol–water partition coefficient (Wildman–Crippen LogP) is 3.22. The van der Waals surface area contributed by atoms with Gasteiger partial charge < -0.3 is 5.32 Å². The lowest BCUT2D eigenvalue weighted by molar-refractivity contribution is 0.208. The summed E-state index contributed by atoms with van der Waals surface area (Å²) in [6, 6.07) is 11.3. The summed E-state index contributed by atoms with van der Waals surface area (Å²) < 4.78 is 0. The number of anilines is 1. The van der Waals surface area contributed by atoms with Gasteiger partial charge in [-0.3, -0.25) is 4.90 Å². The summed E-state index contributed by atoms with van der Waals surface area (Å²) in [4.78, 5) is 6.84. The van der Waals surface area contributed by atoms with Crippen molar-refractivity contribution < 1.29 is 0 Å². The van der Waals surface area contributed by atoms with Crippen molar-refractivity contribution in [1.29, 1.82) is 0 Å². The Balaban J connectivity index is 1.56. The van der Waals surface area contributed by atoms with Crippen molar-refractivity contribution in [1.82, 2.24) is 9.88 Å². The highest BCUT2D eigenvalue weighted by atomic mass is 32.1. The Morgan fingerprint density at radius 1 is 1.32 bits per heavy atom. The van der Waals surface area contributed by atoms with Gasteiger partial charge in [0.05, 0.1) is 0 Å². The smallest absolute Gasteiger partial charge is 0.182 e. The van der Waals surface area contributed by atoms with Gasteiger partial charge in [0.2, 0.25) is 0 Å². The van der Waals surface area contributed by atoms with Gasteiger partial charge in [0.1, 0.15) is 0 Å². The maximum Gasteiger partial charge on any atom is 0.182 e. The van der Waals surface area contributed by atoms with Gasteiger partial charge in [-0.25, -0.2) is 4.98 Å². The number of rotatable bonds is 4. The summed E-state index contributed by atoms with van der Waals surface area (Å²) >= 11 is 1.68. The molecule has 1 aromatic carbocycles. The first-order valence-corrected chi connectivity index (χ1v) is 7.70. The van der Waals surface area contributed by atoms with Crippen molar-refractivity contribution in [2.45, 2.75) is 25.4 Å². The largest absolute Gasteiger partial charge is 0.358 e. The molecule has 4 heteroatoms. The fraction of sp³-hybridized carbons (Fsp3) is 0.400. The van der Waals surface area contributed by atoms with Gasteiger partial charge in [-0.05, 0) is 24.9 Å². The lowest BCUT2D eigenvalue weighted by atomic mass is 10.1. The zero-order valence-corrected chi connectivity index (χ0v) is 11.8. The highest BCUT2D eigenvalue weighted by molar-refractivity contribution is 7.13. The molecule has 1 aromatic heterocycles. The molecule has 19 heavy (non-hydrogen) atoms. The van der Waals surface area contributed by atoms with Crippen molar-refractivity contribution in [3.63, 3.8) is 0 Å². The van der Waals surface area contributed by atoms with Crippen molar-refractivity contribution in [2.75, 3.05) is 18.4 Å². The molecule has 1 N–H and O–H groups in total. The molecule has 1 aliphatic heterocycles. The van der Waals surface area contributed by atoms with Crippen LogP contribution in [0.1, 0.15) is 18.4 Å². The summed E-state index contributed by atoms with van der Waals surface area (Å²) in [6.07, 6.45) is 4.36. The summed E-state index contributed by atoms with van der Waals surface area (Å²) in [5.41, 5.74) is 1.40. The second kappa shape index (κ2) is 6.17. The molecule has 2 heterocycles. The van der Waals surface area contributed by atoms with Gasteiger partial charge in [-0.1, -0.05) is 30.3 Å². The van der Waals surface area contributed by atoms with E-state index >= 15 is 0 Å². The van der Waals surface area contributed by atoms with Crippen molar-refractivity contribution in [2.24, 2.45) is 0 Å². The lowest BCUT2D eigenvalue weighted by Crippen LogP contribution is -2.41. The maximum atomic E-state index is 4.31. The van der Waals surface area contributed by atoms with Crippen LogP contribution in [-0.2, 0) is 6.54 Å². The average molecular weight is 273 g/mol. The van der Waals surface area contributed by atoms with Gasteiger partial charge in [-0.15, -0.1) is 11.3 Å².